The van der Waals surface area contributed by atoms with Crippen molar-refractivity contribution in [3.63, 3.8) is 0 Å². The number of hydrogen-bond donors (Lipinski definition) is 1. The fourth-order valence-electron chi connectivity index (χ4n) is 1.99. The topological polar surface area (TPSA) is 60.2 Å². The van der Waals surface area contributed by atoms with Gasteiger partial charge in [-0.3, -0.25) is 0 Å². The molecule has 0 aliphatic heterocycles. The molecule has 0 aliphatic rings. The molecule has 0 radical (unpaired) electrons. The highest BCUT2D eigenvalue weighted by molar-refractivity contribution is 5.58. The van der Waals surface area contributed by atoms with E-state index in [1.54, 1.807) is 7.11 Å². The van der Waals surface area contributed by atoms with Crippen LogP contribution in [0, 0.1) is 0 Å². The van der Waals surface area contributed by atoms with Crippen molar-refractivity contribution in [2.45, 2.75) is 25.9 Å². The fourth-order valence-corrected chi connectivity index (χ4v) is 1.99. The average Bonchev–Trinajstić information content (AvgIpc) is 2.93. The average molecular weight is 275 g/mol. The molecule has 1 aromatic heterocycles. The Hall–Kier alpha value is -1.72. The van der Waals surface area contributed by atoms with Crippen molar-refractivity contribution in [2.75, 3.05) is 20.7 Å². The van der Waals surface area contributed by atoms with E-state index < -0.39 is 0 Å². The first-order chi connectivity index (χ1) is 9.74. The van der Waals surface area contributed by atoms with Gasteiger partial charge in [0.25, 0.3) is 5.89 Å². The lowest BCUT2D eigenvalue weighted by molar-refractivity contribution is 0.116. The number of likely N-dealkylation sites (N-methyl/N-ethyl adjacent to an activating group) is 1. The molecule has 0 saturated carbocycles. The molecule has 2 rings (SSSR count). The van der Waals surface area contributed by atoms with Gasteiger partial charge in [-0.1, -0.05) is 23.4 Å². The quantitative estimate of drug-likeness (QED) is 0.838. The van der Waals surface area contributed by atoms with E-state index in [-0.39, 0.29) is 6.10 Å². The minimum Gasteiger partial charge on any atom is -0.381 e. The van der Waals surface area contributed by atoms with Gasteiger partial charge in [0.1, 0.15) is 0 Å². The summed E-state index contributed by atoms with van der Waals surface area (Å²) in [6.07, 6.45) is 1.66. The predicted octanol–water partition coefficient (Wildman–Crippen LogP) is 2.08. The summed E-state index contributed by atoms with van der Waals surface area (Å²) < 4.78 is 10.6. The van der Waals surface area contributed by atoms with Crippen LogP contribution >= 0.6 is 0 Å². The monoisotopic (exact) mass is 275 g/mol. The second-order valence-corrected chi connectivity index (χ2v) is 4.78. The maximum absolute atomic E-state index is 5.38. The third kappa shape index (κ3) is 3.65. The number of ether oxygens (including phenoxy) is 1. The van der Waals surface area contributed by atoms with E-state index in [0.29, 0.717) is 18.1 Å². The van der Waals surface area contributed by atoms with E-state index in [9.17, 15) is 0 Å². The summed E-state index contributed by atoms with van der Waals surface area (Å²) in [7, 11) is 3.62. The molecule has 0 amide bonds. The number of nitrogens with one attached hydrogen (secondary N) is 1. The largest absolute Gasteiger partial charge is 0.381 e. The molecule has 5 nitrogen and oxygen atoms in total. The molecule has 1 heterocycles. The van der Waals surface area contributed by atoms with Gasteiger partial charge in [-0.25, -0.2) is 0 Å². The Bertz CT molecular complexity index is 539. The second-order valence-electron chi connectivity index (χ2n) is 4.78. The number of benzene rings is 1. The van der Waals surface area contributed by atoms with E-state index in [1.165, 1.54) is 5.56 Å². The van der Waals surface area contributed by atoms with Gasteiger partial charge < -0.3 is 14.6 Å². The van der Waals surface area contributed by atoms with Crippen LogP contribution in [0.1, 0.15) is 18.3 Å². The van der Waals surface area contributed by atoms with Crippen molar-refractivity contribution in [2.24, 2.45) is 0 Å². The standard InChI is InChI=1S/C15H21N3O2/c1-11(19-3)10-14-17-15(20-18-14)13-7-5-4-6-12(13)8-9-16-2/h4-7,11,16H,8-10H2,1-3H3. The summed E-state index contributed by atoms with van der Waals surface area (Å²) in [5, 5.41) is 7.17. The van der Waals surface area contributed by atoms with Crippen LogP contribution in [0.3, 0.4) is 0 Å². The van der Waals surface area contributed by atoms with Crippen LogP contribution in [0.15, 0.2) is 28.8 Å². The Labute approximate surface area is 119 Å². The molecular weight excluding hydrogens is 254 g/mol. The van der Waals surface area contributed by atoms with Crippen molar-refractivity contribution >= 4 is 0 Å². The zero-order valence-corrected chi connectivity index (χ0v) is 12.2. The van der Waals surface area contributed by atoms with Gasteiger partial charge in [-0.15, -0.1) is 0 Å². The summed E-state index contributed by atoms with van der Waals surface area (Å²) >= 11 is 0. The molecule has 0 aliphatic carbocycles. The molecule has 5 heteroatoms. The number of aromatic nitrogens is 2. The summed E-state index contributed by atoms with van der Waals surface area (Å²) in [6.45, 7) is 2.90. The van der Waals surface area contributed by atoms with E-state index in [0.717, 1.165) is 18.5 Å². The zero-order chi connectivity index (χ0) is 14.4. The second kappa shape index (κ2) is 7.17. The van der Waals surface area contributed by atoms with Crippen LogP contribution < -0.4 is 5.32 Å². The van der Waals surface area contributed by atoms with Crippen LogP contribution in [-0.4, -0.2) is 36.9 Å². The SMILES string of the molecule is CNCCc1ccccc1-c1nc(CC(C)OC)no1. The van der Waals surface area contributed by atoms with E-state index >= 15 is 0 Å². The molecule has 1 atom stereocenters. The highest BCUT2D eigenvalue weighted by Crippen LogP contribution is 2.22. The molecule has 0 fully saturated rings. The molecule has 0 spiro atoms. The minimum atomic E-state index is 0.0833. The Morgan fingerprint density at radius 2 is 2.15 bits per heavy atom. The molecule has 1 unspecified atom stereocenters. The van der Waals surface area contributed by atoms with Crippen molar-refractivity contribution in [1.29, 1.82) is 0 Å². The molecule has 108 valence electrons. The normalized spacial score (nSPS) is 12.6. The van der Waals surface area contributed by atoms with E-state index in [1.807, 2.05) is 32.2 Å². The smallest absolute Gasteiger partial charge is 0.258 e. The molecule has 1 N–H and O–H groups in total. The van der Waals surface area contributed by atoms with Gasteiger partial charge in [-0.2, -0.15) is 4.98 Å². The summed E-state index contributed by atoms with van der Waals surface area (Å²) in [5.41, 5.74) is 2.21. The Morgan fingerprint density at radius 3 is 2.90 bits per heavy atom. The van der Waals surface area contributed by atoms with Crippen LogP contribution in [0.2, 0.25) is 0 Å². The van der Waals surface area contributed by atoms with E-state index in [4.69, 9.17) is 9.26 Å². The maximum atomic E-state index is 5.38. The lowest BCUT2D eigenvalue weighted by atomic mass is 10.0. The number of nitrogens with zero attached hydrogens (tertiary/aromatic N) is 2. The fraction of sp³-hybridized carbons (Fsp3) is 0.467. The highest BCUT2D eigenvalue weighted by Gasteiger charge is 2.14. The van der Waals surface area contributed by atoms with Gasteiger partial charge in [0.2, 0.25) is 0 Å². The van der Waals surface area contributed by atoms with Gasteiger partial charge in [0.05, 0.1) is 6.10 Å². The lowest BCUT2D eigenvalue weighted by Gasteiger charge is -2.05. The summed E-state index contributed by atoms with van der Waals surface area (Å²) in [4.78, 5) is 4.46. The first kappa shape index (κ1) is 14.7. The van der Waals surface area contributed by atoms with Gasteiger partial charge in [0.15, 0.2) is 5.82 Å². The highest BCUT2D eigenvalue weighted by atomic mass is 16.5. The van der Waals surface area contributed by atoms with Crippen LogP contribution in [0.5, 0.6) is 0 Å². The number of methoxy groups -OCH3 is 1. The predicted molar refractivity (Wildman–Crippen MR) is 77.5 cm³/mol. The van der Waals surface area contributed by atoms with Crippen molar-refractivity contribution in [1.82, 2.24) is 15.5 Å². The van der Waals surface area contributed by atoms with Gasteiger partial charge in [0, 0.05) is 19.1 Å². The van der Waals surface area contributed by atoms with Crippen LogP contribution in [0.25, 0.3) is 11.5 Å². The third-order valence-electron chi connectivity index (χ3n) is 3.23. The Morgan fingerprint density at radius 1 is 1.35 bits per heavy atom. The molecule has 0 saturated heterocycles. The van der Waals surface area contributed by atoms with Crippen molar-refractivity contribution < 1.29 is 9.26 Å². The first-order valence-electron chi connectivity index (χ1n) is 6.83. The van der Waals surface area contributed by atoms with E-state index in [2.05, 4.69) is 21.5 Å². The Balaban J connectivity index is 2.19. The minimum absolute atomic E-state index is 0.0833. The molecule has 20 heavy (non-hydrogen) atoms. The number of rotatable bonds is 7. The first-order valence-corrected chi connectivity index (χ1v) is 6.83. The summed E-state index contributed by atoms with van der Waals surface area (Å²) in [6, 6.07) is 8.12. The molecule has 1 aromatic carbocycles. The summed E-state index contributed by atoms with van der Waals surface area (Å²) in [5.74, 6) is 1.26. The van der Waals surface area contributed by atoms with Crippen molar-refractivity contribution in [3.05, 3.63) is 35.7 Å². The van der Waals surface area contributed by atoms with Gasteiger partial charge in [-0.05, 0) is 38.6 Å². The lowest BCUT2D eigenvalue weighted by Crippen LogP contribution is -2.11. The molecule has 2 aromatic rings. The Kier molecular flexibility index (Phi) is 5.26. The van der Waals surface area contributed by atoms with Crippen LogP contribution in [-0.2, 0) is 17.6 Å². The number of hydrogen-bond acceptors (Lipinski definition) is 5. The zero-order valence-electron chi connectivity index (χ0n) is 12.2. The maximum Gasteiger partial charge on any atom is 0.258 e. The van der Waals surface area contributed by atoms with Crippen molar-refractivity contribution in [3.8, 4) is 11.5 Å². The van der Waals surface area contributed by atoms with Crippen LogP contribution in [0.4, 0.5) is 0 Å². The molecule has 0 bridgehead atoms. The van der Waals surface area contributed by atoms with Gasteiger partial charge >= 0.3 is 0 Å². The third-order valence-corrected chi connectivity index (χ3v) is 3.23. The molecular formula is C15H21N3O2.